The van der Waals surface area contributed by atoms with Gasteiger partial charge in [-0.3, -0.25) is 9.59 Å². The maximum absolute atomic E-state index is 13.7. The highest BCUT2D eigenvalue weighted by molar-refractivity contribution is 6.00. The molecule has 2 unspecified atom stereocenters. The summed E-state index contributed by atoms with van der Waals surface area (Å²) in [6.07, 6.45) is -0.832. The number of hydrogen-bond donors (Lipinski definition) is 3. The summed E-state index contributed by atoms with van der Waals surface area (Å²) < 4.78 is 5.22. The maximum Gasteiger partial charge on any atom is 0.408 e. The Hall–Kier alpha value is -3.39. The molecule has 0 radical (unpaired) electrons. The van der Waals surface area contributed by atoms with Crippen LogP contribution in [-0.2, 0) is 14.3 Å². The molecule has 0 saturated carbocycles. The second-order valence-electron chi connectivity index (χ2n) is 9.78. The fraction of sp³-hybridized carbons (Fsp3) is 0.444. The molecular weight excluding hydrogens is 446 g/mol. The molecule has 0 aromatic heterocycles. The molecule has 2 atom stereocenters. The second kappa shape index (κ2) is 11.4. The quantitative estimate of drug-likeness (QED) is 0.553. The van der Waals surface area contributed by atoms with Crippen LogP contribution in [0.5, 0.6) is 0 Å². The molecule has 0 fully saturated rings. The predicted octanol–water partition coefficient (Wildman–Crippen LogP) is 3.94. The molecule has 3 amide bonds. The van der Waals surface area contributed by atoms with E-state index in [4.69, 9.17) is 4.74 Å². The number of aliphatic hydroxyl groups is 1. The van der Waals surface area contributed by atoms with Gasteiger partial charge in [-0.2, -0.15) is 0 Å². The summed E-state index contributed by atoms with van der Waals surface area (Å²) in [5, 5.41) is 15.3. The van der Waals surface area contributed by atoms with Gasteiger partial charge in [-0.1, -0.05) is 36.4 Å². The Kier molecular flexibility index (Phi) is 9.04. The molecule has 0 saturated heterocycles. The third kappa shape index (κ3) is 7.05. The van der Waals surface area contributed by atoms with E-state index in [9.17, 15) is 19.5 Å². The van der Waals surface area contributed by atoms with Crippen molar-refractivity contribution in [2.75, 3.05) is 19.0 Å². The number of ether oxygens (including phenoxy) is 1. The number of hydrogen-bond acceptors (Lipinski definition) is 5. The summed E-state index contributed by atoms with van der Waals surface area (Å²) in [6.45, 7) is 12.1. The van der Waals surface area contributed by atoms with Crippen LogP contribution < -0.4 is 10.6 Å². The highest BCUT2D eigenvalue weighted by atomic mass is 16.6. The Morgan fingerprint density at radius 3 is 2.06 bits per heavy atom. The maximum atomic E-state index is 13.7. The van der Waals surface area contributed by atoms with Gasteiger partial charge >= 0.3 is 6.09 Å². The molecule has 0 heterocycles. The number of carbonyl (C=O) groups is 3. The van der Waals surface area contributed by atoms with Gasteiger partial charge in [0.2, 0.25) is 5.91 Å². The van der Waals surface area contributed by atoms with Gasteiger partial charge in [0.1, 0.15) is 17.7 Å². The van der Waals surface area contributed by atoms with Crippen molar-refractivity contribution in [3.63, 3.8) is 0 Å². The normalized spacial score (nSPS) is 12.9. The molecule has 0 spiro atoms. The van der Waals surface area contributed by atoms with E-state index in [2.05, 4.69) is 10.6 Å². The van der Waals surface area contributed by atoms with Crippen LogP contribution in [0.3, 0.4) is 0 Å². The van der Waals surface area contributed by atoms with Crippen molar-refractivity contribution in [2.45, 2.75) is 66.2 Å². The van der Waals surface area contributed by atoms with Gasteiger partial charge in [-0.15, -0.1) is 0 Å². The van der Waals surface area contributed by atoms with Crippen molar-refractivity contribution in [3.05, 3.63) is 64.2 Å². The number of aryl methyl sites for hydroxylation is 3. The number of para-hydroxylation sites is 1. The molecule has 190 valence electrons. The van der Waals surface area contributed by atoms with E-state index in [1.54, 1.807) is 26.8 Å². The highest BCUT2D eigenvalue weighted by Gasteiger charge is 2.35. The van der Waals surface area contributed by atoms with Crippen molar-refractivity contribution < 1.29 is 24.2 Å². The number of nitrogens with one attached hydrogen (secondary N) is 2. The first-order valence-corrected chi connectivity index (χ1v) is 11.6. The summed E-state index contributed by atoms with van der Waals surface area (Å²) >= 11 is 0. The van der Waals surface area contributed by atoms with Crippen LogP contribution in [0.25, 0.3) is 0 Å². The third-order valence-electron chi connectivity index (χ3n) is 5.83. The molecule has 8 heteroatoms. The number of anilines is 1. The first-order valence-electron chi connectivity index (χ1n) is 11.6. The van der Waals surface area contributed by atoms with E-state index in [-0.39, 0.29) is 0 Å². The number of benzene rings is 2. The zero-order valence-corrected chi connectivity index (χ0v) is 21.9. The summed E-state index contributed by atoms with van der Waals surface area (Å²) in [5.74, 6) is -1.03. The van der Waals surface area contributed by atoms with Crippen molar-refractivity contribution in [1.29, 1.82) is 0 Å². The molecule has 2 aromatic rings. The zero-order chi connectivity index (χ0) is 26.5. The van der Waals surface area contributed by atoms with Gasteiger partial charge in [0.05, 0.1) is 6.61 Å². The Labute approximate surface area is 207 Å². The molecule has 0 aliphatic carbocycles. The standard InChI is InChI=1S/C27H37N3O5/c1-16-11-10-14-20(19(16)4)23(24(32)29-22-17(2)12-9-13-18(22)3)30(8)25(33)21(15-31)28-26(34)35-27(5,6)7/h9-14,21,23,31H,15H2,1-8H3,(H,28,34)(H,29,32). The number of rotatable bonds is 7. The number of carbonyl (C=O) groups excluding carboxylic acids is 3. The van der Waals surface area contributed by atoms with Crippen LogP contribution in [0.15, 0.2) is 36.4 Å². The average molecular weight is 484 g/mol. The lowest BCUT2D eigenvalue weighted by molar-refractivity contribution is -0.139. The second-order valence-corrected chi connectivity index (χ2v) is 9.78. The fourth-order valence-corrected chi connectivity index (χ4v) is 3.81. The van der Waals surface area contributed by atoms with Crippen molar-refractivity contribution in [1.82, 2.24) is 10.2 Å². The van der Waals surface area contributed by atoms with E-state index < -0.39 is 42.2 Å². The van der Waals surface area contributed by atoms with Crippen LogP contribution in [-0.4, -0.2) is 53.2 Å². The molecule has 0 aliphatic rings. The predicted molar refractivity (Wildman–Crippen MR) is 136 cm³/mol. The summed E-state index contributed by atoms with van der Waals surface area (Å²) in [4.78, 5) is 40.6. The average Bonchev–Trinajstić information content (AvgIpc) is 2.76. The minimum Gasteiger partial charge on any atom is -0.444 e. The number of amides is 3. The molecule has 3 N–H and O–H groups in total. The van der Waals surface area contributed by atoms with E-state index in [1.165, 1.54) is 11.9 Å². The molecular formula is C27H37N3O5. The SMILES string of the molecule is Cc1cccc(C(C(=O)Nc2c(C)cccc2C)N(C)C(=O)C(CO)NC(=O)OC(C)(C)C)c1C. The van der Waals surface area contributed by atoms with Crippen molar-refractivity contribution in [2.24, 2.45) is 0 Å². The minimum atomic E-state index is -1.28. The first-order chi connectivity index (χ1) is 16.3. The van der Waals surface area contributed by atoms with Crippen LogP contribution in [0.4, 0.5) is 10.5 Å². The molecule has 8 nitrogen and oxygen atoms in total. The third-order valence-corrected chi connectivity index (χ3v) is 5.83. The van der Waals surface area contributed by atoms with Crippen LogP contribution in [0.2, 0.25) is 0 Å². The van der Waals surface area contributed by atoms with Crippen LogP contribution in [0, 0.1) is 27.7 Å². The molecule has 2 rings (SSSR count). The topological polar surface area (TPSA) is 108 Å². The largest absolute Gasteiger partial charge is 0.444 e. The molecule has 0 aliphatic heterocycles. The van der Waals surface area contributed by atoms with Gasteiger partial charge < -0.3 is 25.4 Å². The molecule has 2 aromatic carbocycles. The minimum absolute atomic E-state index is 0.402. The van der Waals surface area contributed by atoms with Gasteiger partial charge in [-0.25, -0.2) is 4.79 Å². The Balaban J connectivity index is 2.43. The Morgan fingerprint density at radius 2 is 1.51 bits per heavy atom. The monoisotopic (exact) mass is 483 g/mol. The van der Waals surface area contributed by atoms with Crippen LogP contribution in [0.1, 0.15) is 54.6 Å². The van der Waals surface area contributed by atoms with Gasteiger partial charge in [0.15, 0.2) is 0 Å². The number of nitrogens with zero attached hydrogens (tertiary/aromatic N) is 1. The first kappa shape index (κ1) is 27.9. The fourth-order valence-electron chi connectivity index (χ4n) is 3.81. The lowest BCUT2D eigenvalue weighted by Gasteiger charge is -2.32. The van der Waals surface area contributed by atoms with Crippen molar-refractivity contribution >= 4 is 23.6 Å². The molecule has 0 bridgehead atoms. The number of alkyl carbamates (subject to hydrolysis) is 1. The number of aliphatic hydroxyl groups excluding tert-OH is 1. The van der Waals surface area contributed by atoms with Crippen LogP contribution >= 0.6 is 0 Å². The zero-order valence-electron chi connectivity index (χ0n) is 21.9. The smallest absolute Gasteiger partial charge is 0.408 e. The van der Waals surface area contributed by atoms with Gasteiger partial charge in [0.25, 0.3) is 5.91 Å². The van der Waals surface area contributed by atoms with E-state index in [1.807, 2.05) is 58.0 Å². The van der Waals surface area contributed by atoms with Gasteiger partial charge in [0, 0.05) is 12.7 Å². The van der Waals surface area contributed by atoms with Gasteiger partial charge in [-0.05, 0) is 76.3 Å². The number of likely N-dealkylation sites (N-methyl/N-ethyl adjacent to an activating group) is 1. The molecule has 35 heavy (non-hydrogen) atoms. The summed E-state index contributed by atoms with van der Waals surface area (Å²) in [7, 11) is 1.48. The van der Waals surface area contributed by atoms with Crippen molar-refractivity contribution in [3.8, 4) is 0 Å². The highest BCUT2D eigenvalue weighted by Crippen LogP contribution is 2.29. The van der Waals surface area contributed by atoms with E-state index >= 15 is 0 Å². The van der Waals surface area contributed by atoms with E-state index in [0.29, 0.717) is 11.3 Å². The summed E-state index contributed by atoms with van der Waals surface area (Å²) in [5.41, 5.74) is 4.19. The summed E-state index contributed by atoms with van der Waals surface area (Å²) in [6, 6.07) is 8.99. The Bertz CT molecular complexity index is 1070. The lowest BCUT2D eigenvalue weighted by atomic mass is 9.95. The van der Waals surface area contributed by atoms with E-state index in [0.717, 1.165) is 22.3 Å². The lowest BCUT2D eigenvalue weighted by Crippen LogP contribution is -2.52. The Morgan fingerprint density at radius 1 is 0.971 bits per heavy atom.